The van der Waals surface area contributed by atoms with Crippen molar-refractivity contribution >= 4 is 11.3 Å². The van der Waals surface area contributed by atoms with Crippen molar-refractivity contribution in [3.05, 3.63) is 21.9 Å². The van der Waals surface area contributed by atoms with E-state index in [0.29, 0.717) is 13.2 Å². The molecule has 0 atom stereocenters. The van der Waals surface area contributed by atoms with Gasteiger partial charge in [-0.2, -0.15) is 0 Å². The van der Waals surface area contributed by atoms with Crippen LogP contribution < -0.4 is 0 Å². The minimum atomic E-state index is -0.110. The van der Waals surface area contributed by atoms with E-state index >= 15 is 0 Å². The predicted molar refractivity (Wildman–Crippen MR) is 61.9 cm³/mol. The summed E-state index contributed by atoms with van der Waals surface area (Å²) in [7, 11) is 0. The molecule has 4 heteroatoms. The van der Waals surface area contributed by atoms with Gasteiger partial charge in [-0.1, -0.05) is 0 Å². The quantitative estimate of drug-likeness (QED) is 0.866. The van der Waals surface area contributed by atoms with E-state index in [9.17, 15) is 5.11 Å². The monoisotopic (exact) mass is 240 g/mol. The number of ether oxygens (including phenoxy) is 2. The summed E-state index contributed by atoms with van der Waals surface area (Å²) in [6.07, 6.45) is 0. The van der Waals surface area contributed by atoms with Gasteiger partial charge in [-0.25, -0.2) is 0 Å². The minimum Gasteiger partial charge on any atom is -0.396 e. The van der Waals surface area contributed by atoms with Gasteiger partial charge in [-0.3, -0.25) is 0 Å². The maximum absolute atomic E-state index is 9.70. The third-order valence-electron chi connectivity index (χ3n) is 4.07. The van der Waals surface area contributed by atoms with Crippen LogP contribution in [0.3, 0.4) is 0 Å². The zero-order chi connectivity index (χ0) is 11.2. The maximum atomic E-state index is 9.70. The predicted octanol–water partition coefficient (Wildman–Crippen LogP) is 1.33. The standard InChI is InChI=1S/C12H16O3S/c1-9-2-3-16-10(9)12(7-15-8-12)11(4-13)5-14-6-11/h2-3,13H,4-8H2,1H3. The highest BCUT2D eigenvalue weighted by atomic mass is 32.1. The number of rotatable bonds is 3. The molecule has 0 aromatic carbocycles. The molecule has 0 radical (unpaired) electrons. The summed E-state index contributed by atoms with van der Waals surface area (Å²) in [6, 6.07) is 2.14. The van der Waals surface area contributed by atoms with Gasteiger partial charge in [0.2, 0.25) is 0 Å². The molecule has 0 amide bonds. The van der Waals surface area contributed by atoms with E-state index in [1.165, 1.54) is 10.4 Å². The Hall–Kier alpha value is -0.420. The third-order valence-corrected chi connectivity index (χ3v) is 5.29. The highest BCUT2D eigenvalue weighted by Crippen LogP contribution is 2.53. The molecule has 1 N–H and O–H groups in total. The van der Waals surface area contributed by atoms with Gasteiger partial charge in [0.15, 0.2) is 0 Å². The lowest BCUT2D eigenvalue weighted by atomic mass is 9.59. The van der Waals surface area contributed by atoms with Crippen LogP contribution in [0.2, 0.25) is 0 Å². The van der Waals surface area contributed by atoms with E-state index in [1.54, 1.807) is 11.3 Å². The number of aliphatic hydroxyl groups excluding tert-OH is 1. The molecule has 0 spiro atoms. The first-order valence-electron chi connectivity index (χ1n) is 5.55. The number of hydrogen-bond acceptors (Lipinski definition) is 4. The SMILES string of the molecule is Cc1ccsc1C1(C2(CO)COC2)COC1. The third kappa shape index (κ3) is 1.13. The first-order valence-corrected chi connectivity index (χ1v) is 6.43. The van der Waals surface area contributed by atoms with Crippen molar-refractivity contribution < 1.29 is 14.6 Å². The molecule has 88 valence electrons. The average molecular weight is 240 g/mol. The van der Waals surface area contributed by atoms with Gasteiger partial charge in [-0.15, -0.1) is 11.3 Å². The summed E-state index contributed by atoms with van der Waals surface area (Å²) >= 11 is 1.78. The van der Waals surface area contributed by atoms with E-state index in [0.717, 1.165) is 13.2 Å². The Morgan fingerprint density at radius 2 is 2.00 bits per heavy atom. The Morgan fingerprint density at radius 3 is 2.31 bits per heavy atom. The van der Waals surface area contributed by atoms with Crippen molar-refractivity contribution in [2.24, 2.45) is 5.41 Å². The van der Waals surface area contributed by atoms with Crippen molar-refractivity contribution in [2.75, 3.05) is 33.0 Å². The van der Waals surface area contributed by atoms with Crippen molar-refractivity contribution in [3.8, 4) is 0 Å². The van der Waals surface area contributed by atoms with Crippen LogP contribution in [0, 0.1) is 12.3 Å². The van der Waals surface area contributed by atoms with Crippen LogP contribution in [-0.2, 0) is 14.9 Å². The van der Waals surface area contributed by atoms with E-state index in [2.05, 4.69) is 18.4 Å². The van der Waals surface area contributed by atoms with Crippen molar-refractivity contribution in [1.82, 2.24) is 0 Å². The summed E-state index contributed by atoms with van der Waals surface area (Å²) in [5.41, 5.74) is 1.20. The maximum Gasteiger partial charge on any atom is 0.0639 e. The van der Waals surface area contributed by atoms with Gasteiger partial charge < -0.3 is 14.6 Å². The second-order valence-electron chi connectivity index (χ2n) is 4.94. The molecule has 0 bridgehead atoms. The second-order valence-corrected chi connectivity index (χ2v) is 5.86. The molecule has 3 heterocycles. The number of aryl methyl sites for hydroxylation is 1. The highest BCUT2D eigenvalue weighted by molar-refractivity contribution is 7.10. The van der Waals surface area contributed by atoms with Crippen LogP contribution >= 0.6 is 11.3 Å². The fourth-order valence-corrected chi connectivity index (χ4v) is 3.94. The first-order chi connectivity index (χ1) is 7.74. The lowest BCUT2D eigenvalue weighted by Gasteiger charge is -2.58. The van der Waals surface area contributed by atoms with Crippen LogP contribution in [0.5, 0.6) is 0 Å². The Bertz CT molecular complexity index is 385. The first kappa shape index (κ1) is 10.7. The molecule has 1 aromatic heterocycles. The van der Waals surface area contributed by atoms with Crippen molar-refractivity contribution in [3.63, 3.8) is 0 Å². The number of hydrogen-bond donors (Lipinski definition) is 1. The number of aliphatic hydroxyl groups is 1. The van der Waals surface area contributed by atoms with Crippen LogP contribution in [0.15, 0.2) is 11.4 Å². The molecule has 0 saturated carbocycles. The smallest absolute Gasteiger partial charge is 0.0639 e. The molecular weight excluding hydrogens is 224 g/mol. The van der Waals surface area contributed by atoms with Gasteiger partial charge in [0.25, 0.3) is 0 Å². The molecule has 0 unspecified atom stereocenters. The van der Waals surface area contributed by atoms with Crippen LogP contribution in [0.25, 0.3) is 0 Å². The fraction of sp³-hybridized carbons (Fsp3) is 0.667. The normalized spacial score (nSPS) is 25.9. The average Bonchev–Trinajstić information content (AvgIpc) is 2.55. The summed E-state index contributed by atoms with van der Waals surface area (Å²) in [4.78, 5) is 1.37. The topological polar surface area (TPSA) is 38.7 Å². The zero-order valence-electron chi connectivity index (χ0n) is 9.36. The highest BCUT2D eigenvalue weighted by Gasteiger charge is 2.61. The summed E-state index contributed by atoms with van der Waals surface area (Å²) in [6.45, 7) is 5.08. The van der Waals surface area contributed by atoms with Crippen molar-refractivity contribution in [1.29, 1.82) is 0 Å². The molecule has 3 rings (SSSR count). The molecule has 2 aliphatic rings. The molecule has 2 fully saturated rings. The molecule has 1 aromatic rings. The Balaban J connectivity index is 2.03. The van der Waals surface area contributed by atoms with Gasteiger partial charge in [-0.05, 0) is 23.9 Å². The van der Waals surface area contributed by atoms with Gasteiger partial charge in [0.05, 0.1) is 43.9 Å². The van der Waals surface area contributed by atoms with E-state index in [4.69, 9.17) is 9.47 Å². The van der Waals surface area contributed by atoms with Crippen molar-refractivity contribution in [2.45, 2.75) is 12.3 Å². The molecule has 2 aliphatic heterocycles. The Kier molecular flexibility index (Phi) is 2.37. The summed E-state index contributed by atoms with van der Waals surface area (Å²) in [5.74, 6) is 0. The number of thiophene rings is 1. The summed E-state index contributed by atoms with van der Waals surface area (Å²) in [5, 5.41) is 11.8. The van der Waals surface area contributed by atoms with E-state index in [1.807, 2.05) is 0 Å². The molecule has 16 heavy (non-hydrogen) atoms. The lowest BCUT2D eigenvalue weighted by Crippen LogP contribution is -2.68. The van der Waals surface area contributed by atoms with Gasteiger partial charge in [0.1, 0.15) is 0 Å². The van der Waals surface area contributed by atoms with E-state index < -0.39 is 0 Å². The Morgan fingerprint density at radius 1 is 1.31 bits per heavy atom. The van der Waals surface area contributed by atoms with Crippen LogP contribution in [0.1, 0.15) is 10.4 Å². The Labute approximate surface area is 99.0 Å². The van der Waals surface area contributed by atoms with Gasteiger partial charge in [0, 0.05) is 4.88 Å². The fourth-order valence-electron chi connectivity index (χ4n) is 2.71. The lowest BCUT2D eigenvalue weighted by molar-refractivity contribution is -0.241. The van der Waals surface area contributed by atoms with E-state index in [-0.39, 0.29) is 17.4 Å². The molecular formula is C12H16O3S. The summed E-state index contributed by atoms with van der Waals surface area (Å²) < 4.78 is 10.8. The largest absolute Gasteiger partial charge is 0.396 e. The minimum absolute atomic E-state index is 0.00174. The zero-order valence-corrected chi connectivity index (χ0v) is 10.2. The second kappa shape index (κ2) is 3.53. The molecule has 0 aliphatic carbocycles. The molecule has 2 saturated heterocycles. The molecule has 3 nitrogen and oxygen atoms in total. The van der Waals surface area contributed by atoms with Crippen LogP contribution in [0.4, 0.5) is 0 Å². The van der Waals surface area contributed by atoms with Crippen LogP contribution in [-0.4, -0.2) is 38.1 Å². The van der Waals surface area contributed by atoms with Gasteiger partial charge >= 0.3 is 0 Å².